The van der Waals surface area contributed by atoms with Crippen molar-refractivity contribution in [3.8, 4) is 0 Å². The summed E-state index contributed by atoms with van der Waals surface area (Å²) in [5.74, 6) is 3.14. The van der Waals surface area contributed by atoms with Gasteiger partial charge in [-0.3, -0.25) is 9.79 Å². The number of aliphatic imine (C=N–C) groups is 1. The van der Waals surface area contributed by atoms with Crippen LogP contribution in [0.1, 0.15) is 31.4 Å². The highest BCUT2D eigenvalue weighted by Crippen LogP contribution is 2.35. The topological polar surface area (TPSA) is 69.9 Å². The molecule has 2 heterocycles. The number of rotatable bonds is 4. The van der Waals surface area contributed by atoms with E-state index in [1.165, 1.54) is 25.7 Å². The Balaban J connectivity index is 0.00000208. The first-order valence-electron chi connectivity index (χ1n) is 8.51. The third-order valence-corrected chi connectivity index (χ3v) is 4.93. The second kappa shape index (κ2) is 9.29. The molecule has 7 heteroatoms. The van der Waals surface area contributed by atoms with Gasteiger partial charge in [-0.15, -0.1) is 24.0 Å². The van der Waals surface area contributed by atoms with Crippen LogP contribution in [-0.4, -0.2) is 43.4 Å². The Morgan fingerprint density at radius 2 is 2.00 bits per heavy atom. The molecular weight excluding hydrogens is 419 g/mol. The van der Waals surface area contributed by atoms with E-state index in [0.717, 1.165) is 36.6 Å². The fourth-order valence-electron chi connectivity index (χ4n) is 3.73. The Morgan fingerprint density at radius 3 is 2.58 bits per heavy atom. The SMILES string of the molecule is CN=C(NCC(=O)NCc1ccco1)N1CC2CCCCC2C1.I. The number of hydrogen-bond donors (Lipinski definition) is 2. The molecule has 1 aliphatic carbocycles. The number of likely N-dealkylation sites (tertiary alicyclic amines) is 1. The van der Waals surface area contributed by atoms with Crippen molar-refractivity contribution in [1.82, 2.24) is 15.5 Å². The van der Waals surface area contributed by atoms with Crippen LogP contribution in [0.4, 0.5) is 0 Å². The van der Waals surface area contributed by atoms with Gasteiger partial charge in [-0.25, -0.2) is 0 Å². The number of nitrogens with one attached hydrogen (secondary N) is 2. The van der Waals surface area contributed by atoms with Gasteiger partial charge in [0.1, 0.15) is 5.76 Å². The summed E-state index contributed by atoms with van der Waals surface area (Å²) in [5.41, 5.74) is 0. The summed E-state index contributed by atoms with van der Waals surface area (Å²) in [6, 6.07) is 3.66. The van der Waals surface area contributed by atoms with Crippen LogP contribution in [-0.2, 0) is 11.3 Å². The van der Waals surface area contributed by atoms with E-state index in [1.54, 1.807) is 13.3 Å². The third kappa shape index (κ3) is 4.87. The summed E-state index contributed by atoms with van der Waals surface area (Å²) in [4.78, 5) is 18.6. The van der Waals surface area contributed by atoms with E-state index < -0.39 is 0 Å². The number of guanidine groups is 1. The lowest BCUT2D eigenvalue weighted by atomic mass is 9.82. The first kappa shape index (κ1) is 19.1. The molecule has 1 aromatic heterocycles. The summed E-state index contributed by atoms with van der Waals surface area (Å²) < 4.78 is 5.20. The van der Waals surface area contributed by atoms with Gasteiger partial charge in [0, 0.05) is 20.1 Å². The molecule has 6 nitrogen and oxygen atoms in total. The number of halogens is 1. The fraction of sp³-hybridized carbons (Fsp3) is 0.647. The van der Waals surface area contributed by atoms with Crippen LogP contribution < -0.4 is 10.6 Å². The number of furan rings is 1. The van der Waals surface area contributed by atoms with Crippen LogP contribution >= 0.6 is 24.0 Å². The molecular formula is C17H27IN4O2. The molecule has 1 aromatic rings. The molecule has 0 bridgehead atoms. The van der Waals surface area contributed by atoms with Gasteiger partial charge in [0.2, 0.25) is 5.91 Å². The minimum atomic E-state index is -0.0563. The van der Waals surface area contributed by atoms with Gasteiger partial charge >= 0.3 is 0 Å². The number of carbonyl (C=O) groups excluding carboxylic acids is 1. The average molecular weight is 446 g/mol. The van der Waals surface area contributed by atoms with Gasteiger partial charge in [-0.1, -0.05) is 12.8 Å². The Labute approximate surface area is 160 Å². The van der Waals surface area contributed by atoms with Crippen LogP contribution in [0.25, 0.3) is 0 Å². The molecule has 2 atom stereocenters. The maximum Gasteiger partial charge on any atom is 0.239 e. The molecule has 1 saturated heterocycles. The van der Waals surface area contributed by atoms with E-state index in [1.807, 2.05) is 12.1 Å². The molecule has 2 N–H and O–H groups in total. The minimum Gasteiger partial charge on any atom is -0.467 e. The molecule has 0 radical (unpaired) electrons. The first-order valence-corrected chi connectivity index (χ1v) is 8.51. The Hall–Kier alpha value is -1.25. The first-order chi connectivity index (χ1) is 11.3. The van der Waals surface area contributed by atoms with Crippen LogP contribution in [0.2, 0.25) is 0 Å². The monoisotopic (exact) mass is 446 g/mol. The van der Waals surface area contributed by atoms with E-state index >= 15 is 0 Å². The van der Waals surface area contributed by atoms with E-state index in [9.17, 15) is 4.79 Å². The molecule has 134 valence electrons. The fourth-order valence-corrected chi connectivity index (χ4v) is 3.73. The van der Waals surface area contributed by atoms with Gasteiger partial charge in [0.25, 0.3) is 0 Å². The van der Waals surface area contributed by atoms with Crippen molar-refractivity contribution in [3.05, 3.63) is 24.2 Å². The minimum absolute atomic E-state index is 0. The predicted molar refractivity (Wildman–Crippen MR) is 104 cm³/mol. The quantitative estimate of drug-likeness (QED) is 0.423. The van der Waals surface area contributed by atoms with Crippen LogP contribution in [0, 0.1) is 11.8 Å². The van der Waals surface area contributed by atoms with E-state index in [4.69, 9.17) is 4.42 Å². The van der Waals surface area contributed by atoms with Crippen LogP contribution in [0.5, 0.6) is 0 Å². The molecule has 2 aliphatic rings. The number of amides is 1. The van der Waals surface area contributed by atoms with Crippen molar-refractivity contribution in [2.24, 2.45) is 16.8 Å². The largest absolute Gasteiger partial charge is 0.467 e. The van der Waals surface area contributed by atoms with Gasteiger partial charge < -0.3 is 20.0 Å². The average Bonchev–Trinajstić information content (AvgIpc) is 3.22. The number of hydrogen-bond acceptors (Lipinski definition) is 3. The van der Waals surface area contributed by atoms with Crippen molar-refractivity contribution < 1.29 is 9.21 Å². The van der Waals surface area contributed by atoms with E-state index in [-0.39, 0.29) is 36.4 Å². The maximum atomic E-state index is 11.9. The normalized spacial score (nSPS) is 23.4. The van der Waals surface area contributed by atoms with E-state index in [0.29, 0.717) is 6.54 Å². The number of carbonyl (C=O) groups is 1. The van der Waals surface area contributed by atoms with Gasteiger partial charge in [0.15, 0.2) is 5.96 Å². The van der Waals surface area contributed by atoms with Crippen molar-refractivity contribution in [1.29, 1.82) is 0 Å². The van der Waals surface area contributed by atoms with Gasteiger partial charge in [-0.2, -0.15) is 0 Å². The predicted octanol–water partition coefficient (Wildman–Crippen LogP) is 2.21. The Morgan fingerprint density at radius 1 is 1.29 bits per heavy atom. The van der Waals surface area contributed by atoms with Gasteiger partial charge in [0.05, 0.1) is 19.4 Å². The molecule has 0 spiro atoms. The Kier molecular flexibility index (Phi) is 7.39. The highest BCUT2D eigenvalue weighted by molar-refractivity contribution is 14.0. The molecule has 24 heavy (non-hydrogen) atoms. The summed E-state index contributed by atoms with van der Waals surface area (Å²) >= 11 is 0. The second-order valence-corrected chi connectivity index (χ2v) is 6.47. The zero-order valence-corrected chi connectivity index (χ0v) is 16.5. The maximum absolute atomic E-state index is 11.9. The molecule has 2 unspecified atom stereocenters. The lowest BCUT2D eigenvalue weighted by molar-refractivity contribution is -0.120. The zero-order valence-electron chi connectivity index (χ0n) is 14.2. The van der Waals surface area contributed by atoms with Crippen molar-refractivity contribution in [3.63, 3.8) is 0 Å². The molecule has 0 aromatic carbocycles. The standard InChI is InChI=1S/C17H26N4O2.HI/c1-18-17(21-11-13-5-2-3-6-14(13)12-21)20-10-16(22)19-9-15-7-4-8-23-15;/h4,7-8,13-14H,2-3,5-6,9-12H2,1H3,(H,18,20)(H,19,22);1H. The number of fused-ring (bicyclic) bond motifs is 1. The molecule has 1 amide bonds. The highest BCUT2D eigenvalue weighted by atomic mass is 127. The highest BCUT2D eigenvalue weighted by Gasteiger charge is 2.35. The van der Waals surface area contributed by atoms with Crippen molar-refractivity contribution >= 4 is 35.8 Å². The molecule has 1 aliphatic heterocycles. The zero-order chi connectivity index (χ0) is 16.1. The second-order valence-electron chi connectivity index (χ2n) is 6.47. The third-order valence-electron chi connectivity index (χ3n) is 4.93. The number of nitrogens with zero attached hydrogens (tertiary/aromatic N) is 2. The van der Waals surface area contributed by atoms with Crippen LogP contribution in [0.15, 0.2) is 27.8 Å². The van der Waals surface area contributed by atoms with E-state index in [2.05, 4.69) is 20.5 Å². The van der Waals surface area contributed by atoms with Crippen molar-refractivity contribution in [2.75, 3.05) is 26.7 Å². The summed E-state index contributed by atoms with van der Waals surface area (Å²) in [6.07, 6.45) is 6.99. The summed E-state index contributed by atoms with van der Waals surface area (Å²) in [6.45, 7) is 2.79. The lowest BCUT2D eigenvalue weighted by Gasteiger charge is -2.22. The molecule has 1 saturated carbocycles. The molecule has 2 fully saturated rings. The summed E-state index contributed by atoms with van der Waals surface area (Å²) in [5, 5.41) is 6.02. The Bertz CT molecular complexity index is 533. The van der Waals surface area contributed by atoms with Crippen LogP contribution in [0.3, 0.4) is 0 Å². The summed E-state index contributed by atoms with van der Waals surface area (Å²) in [7, 11) is 1.78. The lowest BCUT2D eigenvalue weighted by Crippen LogP contribution is -2.44. The smallest absolute Gasteiger partial charge is 0.239 e. The van der Waals surface area contributed by atoms with Gasteiger partial charge in [-0.05, 0) is 36.8 Å². The van der Waals surface area contributed by atoms with Crippen molar-refractivity contribution in [2.45, 2.75) is 32.2 Å². The molecule has 3 rings (SSSR count).